The zero-order valence-electron chi connectivity index (χ0n) is 12.5. The molecule has 0 saturated heterocycles. The van der Waals surface area contributed by atoms with Crippen molar-refractivity contribution in [3.05, 3.63) is 36.0 Å². The summed E-state index contributed by atoms with van der Waals surface area (Å²) in [4.78, 5) is 16.8. The number of carbonyl (C=O) groups excluding carboxylic acids is 1. The van der Waals surface area contributed by atoms with Gasteiger partial charge in [0.25, 0.3) is 5.91 Å². The van der Waals surface area contributed by atoms with Crippen LogP contribution >= 0.6 is 0 Å². The van der Waals surface area contributed by atoms with Gasteiger partial charge in [-0.3, -0.25) is 4.79 Å². The van der Waals surface area contributed by atoms with Crippen LogP contribution in [0, 0.1) is 5.92 Å². The van der Waals surface area contributed by atoms with E-state index in [0.717, 1.165) is 36.0 Å². The highest BCUT2D eigenvalue weighted by Gasteiger charge is 2.34. The highest BCUT2D eigenvalue weighted by Crippen LogP contribution is 2.29. The Labute approximate surface area is 125 Å². The maximum Gasteiger partial charge on any atom is 0.270 e. The lowest BCUT2D eigenvalue weighted by atomic mass is 10.1. The number of rotatable bonds is 5. The van der Waals surface area contributed by atoms with E-state index in [1.807, 2.05) is 30.3 Å². The van der Waals surface area contributed by atoms with E-state index >= 15 is 0 Å². The van der Waals surface area contributed by atoms with Crippen molar-refractivity contribution in [3.63, 3.8) is 0 Å². The van der Waals surface area contributed by atoms with Crippen molar-refractivity contribution >= 4 is 22.5 Å². The number of fused-ring (bicyclic) bond motifs is 1. The second kappa shape index (κ2) is 5.72. The second-order valence-electron chi connectivity index (χ2n) is 5.80. The monoisotopic (exact) mass is 283 g/mol. The normalized spacial score (nSPS) is 20.3. The standard InChI is InChI=1S/C17H21N3O/c1-3-8-18-16-13-7-5-4-6-12(13)10-15(19-16)17(21)20-14-9-11(14)2/h4-7,10-11,14H,3,8-9H2,1-2H3,(H,18,19)(H,20,21). The molecule has 2 aromatic rings. The first kappa shape index (κ1) is 13.9. The zero-order chi connectivity index (χ0) is 14.8. The van der Waals surface area contributed by atoms with Gasteiger partial charge in [0.1, 0.15) is 11.5 Å². The maximum atomic E-state index is 12.3. The summed E-state index contributed by atoms with van der Waals surface area (Å²) >= 11 is 0. The van der Waals surface area contributed by atoms with Crippen LogP contribution in [0.3, 0.4) is 0 Å². The van der Waals surface area contributed by atoms with E-state index in [0.29, 0.717) is 17.7 Å². The second-order valence-corrected chi connectivity index (χ2v) is 5.80. The van der Waals surface area contributed by atoms with Crippen LogP contribution in [-0.4, -0.2) is 23.5 Å². The minimum absolute atomic E-state index is 0.0744. The molecule has 3 rings (SSSR count). The third-order valence-corrected chi connectivity index (χ3v) is 3.94. The summed E-state index contributed by atoms with van der Waals surface area (Å²) in [5.41, 5.74) is 0.492. The van der Waals surface area contributed by atoms with Crippen molar-refractivity contribution < 1.29 is 4.79 Å². The van der Waals surface area contributed by atoms with E-state index in [1.165, 1.54) is 0 Å². The summed E-state index contributed by atoms with van der Waals surface area (Å²) in [6, 6.07) is 10.2. The van der Waals surface area contributed by atoms with Gasteiger partial charge in [-0.2, -0.15) is 0 Å². The van der Waals surface area contributed by atoms with Gasteiger partial charge in [-0.1, -0.05) is 38.1 Å². The summed E-state index contributed by atoms with van der Waals surface area (Å²) < 4.78 is 0. The number of nitrogens with one attached hydrogen (secondary N) is 2. The van der Waals surface area contributed by atoms with Crippen molar-refractivity contribution in [1.82, 2.24) is 10.3 Å². The number of amides is 1. The molecule has 110 valence electrons. The lowest BCUT2D eigenvalue weighted by molar-refractivity contribution is 0.0944. The van der Waals surface area contributed by atoms with Crippen molar-refractivity contribution in [2.45, 2.75) is 32.7 Å². The molecular weight excluding hydrogens is 262 g/mol. The smallest absolute Gasteiger partial charge is 0.270 e. The van der Waals surface area contributed by atoms with Crippen LogP contribution in [0.25, 0.3) is 10.8 Å². The average Bonchev–Trinajstić information content (AvgIpc) is 3.19. The summed E-state index contributed by atoms with van der Waals surface area (Å²) in [6.07, 6.45) is 2.09. The minimum atomic E-state index is -0.0744. The van der Waals surface area contributed by atoms with Gasteiger partial charge in [0.15, 0.2) is 0 Å². The van der Waals surface area contributed by atoms with Crippen LogP contribution in [0.15, 0.2) is 30.3 Å². The van der Waals surface area contributed by atoms with Gasteiger partial charge in [0.05, 0.1) is 0 Å². The molecule has 2 atom stereocenters. The largest absolute Gasteiger partial charge is 0.370 e. The summed E-state index contributed by atoms with van der Waals surface area (Å²) in [7, 11) is 0. The number of aromatic nitrogens is 1. The molecule has 21 heavy (non-hydrogen) atoms. The Bertz CT molecular complexity index is 668. The van der Waals surface area contributed by atoms with Gasteiger partial charge in [0.2, 0.25) is 0 Å². The quantitative estimate of drug-likeness (QED) is 0.886. The Hall–Kier alpha value is -2.10. The first-order chi connectivity index (χ1) is 10.2. The number of anilines is 1. The fourth-order valence-corrected chi connectivity index (χ4v) is 2.46. The molecule has 1 amide bonds. The van der Waals surface area contributed by atoms with Crippen LogP contribution in [0.4, 0.5) is 5.82 Å². The fraction of sp³-hybridized carbons (Fsp3) is 0.412. The summed E-state index contributed by atoms with van der Waals surface area (Å²) in [6.45, 7) is 5.11. The lowest BCUT2D eigenvalue weighted by Gasteiger charge is -2.11. The Morgan fingerprint density at radius 2 is 2.14 bits per heavy atom. The topological polar surface area (TPSA) is 54.0 Å². The van der Waals surface area contributed by atoms with Gasteiger partial charge in [0, 0.05) is 18.0 Å². The third-order valence-electron chi connectivity index (χ3n) is 3.94. The van der Waals surface area contributed by atoms with Crippen molar-refractivity contribution in [3.8, 4) is 0 Å². The first-order valence-electron chi connectivity index (χ1n) is 7.63. The summed E-state index contributed by atoms with van der Waals surface area (Å²) in [5.74, 6) is 1.31. The SMILES string of the molecule is CCCNc1nc(C(=O)NC2CC2C)cc2ccccc12. The summed E-state index contributed by atoms with van der Waals surface area (Å²) in [5, 5.41) is 8.46. The van der Waals surface area contributed by atoms with E-state index in [9.17, 15) is 4.79 Å². The predicted octanol–water partition coefficient (Wildman–Crippen LogP) is 3.19. The van der Waals surface area contributed by atoms with Crippen LogP contribution in [-0.2, 0) is 0 Å². The Kier molecular flexibility index (Phi) is 3.78. The van der Waals surface area contributed by atoms with Gasteiger partial charge in [-0.25, -0.2) is 4.98 Å². The number of carbonyl (C=O) groups is 1. The van der Waals surface area contributed by atoms with Crippen LogP contribution in [0.5, 0.6) is 0 Å². The molecule has 1 aliphatic carbocycles. The molecule has 1 heterocycles. The number of hydrogen-bond donors (Lipinski definition) is 2. The van der Waals surface area contributed by atoms with E-state index < -0.39 is 0 Å². The van der Waals surface area contributed by atoms with E-state index in [-0.39, 0.29) is 5.91 Å². The van der Waals surface area contributed by atoms with Gasteiger partial charge in [-0.15, -0.1) is 0 Å². The van der Waals surface area contributed by atoms with Crippen LogP contribution < -0.4 is 10.6 Å². The molecule has 4 heteroatoms. The average molecular weight is 283 g/mol. The van der Waals surface area contributed by atoms with Crippen molar-refractivity contribution in [2.24, 2.45) is 5.92 Å². The molecule has 0 bridgehead atoms. The Morgan fingerprint density at radius 3 is 2.86 bits per heavy atom. The molecule has 0 spiro atoms. The van der Waals surface area contributed by atoms with Crippen LogP contribution in [0.2, 0.25) is 0 Å². The molecule has 1 saturated carbocycles. The highest BCUT2D eigenvalue weighted by molar-refractivity contribution is 6.00. The van der Waals surface area contributed by atoms with Gasteiger partial charge < -0.3 is 10.6 Å². The van der Waals surface area contributed by atoms with E-state index in [2.05, 4.69) is 29.5 Å². The van der Waals surface area contributed by atoms with Gasteiger partial charge >= 0.3 is 0 Å². The fourth-order valence-electron chi connectivity index (χ4n) is 2.46. The molecular formula is C17H21N3O. The molecule has 0 radical (unpaired) electrons. The van der Waals surface area contributed by atoms with E-state index in [4.69, 9.17) is 0 Å². The van der Waals surface area contributed by atoms with Crippen molar-refractivity contribution in [1.29, 1.82) is 0 Å². The number of pyridine rings is 1. The Morgan fingerprint density at radius 1 is 1.38 bits per heavy atom. The van der Waals surface area contributed by atoms with Crippen LogP contribution in [0.1, 0.15) is 37.2 Å². The van der Waals surface area contributed by atoms with Gasteiger partial charge in [-0.05, 0) is 30.2 Å². The number of nitrogens with zero attached hydrogens (tertiary/aromatic N) is 1. The predicted molar refractivity (Wildman–Crippen MR) is 85.6 cm³/mol. The van der Waals surface area contributed by atoms with Crippen molar-refractivity contribution in [2.75, 3.05) is 11.9 Å². The molecule has 1 aromatic heterocycles. The lowest BCUT2D eigenvalue weighted by Crippen LogP contribution is -2.27. The maximum absolute atomic E-state index is 12.3. The molecule has 1 fully saturated rings. The molecule has 1 aliphatic rings. The molecule has 2 N–H and O–H groups in total. The number of hydrogen-bond acceptors (Lipinski definition) is 3. The Balaban J connectivity index is 1.92. The molecule has 0 aliphatic heterocycles. The zero-order valence-corrected chi connectivity index (χ0v) is 12.5. The minimum Gasteiger partial charge on any atom is -0.370 e. The highest BCUT2D eigenvalue weighted by atomic mass is 16.2. The first-order valence-corrected chi connectivity index (χ1v) is 7.63. The third kappa shape index (κ3) is 2.99. The molecule has 1 aromatic carbocycles. The molecule has 4 nitrogen and oxygen atoms in total. The molecule has 2 unspecified atom stereocenters. The number of benzene rings is 1. The van der Waals surface area contributed by atoms with E-state index in [1.54, 1.807) is 0 Å².